The van der Waals surface area contributed by atoms with Crippen molar-refractivity contribution in [3.63, 3.8) is 0 Å². The number of amidine groups is 1. The Morgan fingerprint density at radius 3 is 2.46 bits per heavy atom. The molecule has 3 rings (SSSR count). The van der Waals surface area contributed by atoms with Crippen molar-refractivity contribution in [1.29, 1.82) is 5.41 Å². The number of halogens is 4. The number of thiophene rings is 1. The van der Waals surface area contributed by atoms with Crippen LogP contribution in [0.2, 0.25) is 0 Å². The number of aromatic nitrogens is 2. The van der Waals surface area contributed by atoms with Crippen molar-refractivity contribution in [2.75, 3.05) is 11.6 Å². The number of aliphatic carboxylic acids is 1. The van der Waals surface area contributed by atoms with Crippen molar-refractivity contribution in [3.8, 4) is 0 Å². The molecular weight excluding hydrogens is 595 g/mol. The van der Waals surface area contributed by atoms with Crippen molar-refractivity contribution in [2.45, 2.75) is 26.7 Å². The molecule has 188 valence electrons. The molecule has 0 saturated carbocycles. The van der Waals surface area contributed by atoms with Crippen molar-refractivity contribution >= 4 is 66.5 Å². The van der Waals surface area contributed by atoms with Gasteiger partial charge in [0.25, 0.3) is 0 Å². The molecule has 0 fully saturated rings. The molecule has 0 aliphatic rings. The zero-order chi connectivity index (χ0) is 26.4. The van der Waals surface area contributed by atoms with Crippen molar-refractivity contribution < 1.29 is 31.5 Å². The zero-order valence-electron chi connectivity index (χ0n) is 17.6. The minimum atomic E-state index is -5.08. The van der Waals surface area contributed by atoms with Crippen LogP contribution in [0.1, 0.15) is 10.6 Å². The van der Waals surface area contributed by atoms with Gasteiger partial charge in [0.15, 0.2) is 0 Å². The number of nitrogens with zero attached hydrogens (tertiary/aromatic N) is 2. The van der Waals surface area contributed by atoms with Crippen LogP contribution in [-0.2, 0) is 21.2 Å². The summed E-state index contributed by atoms with van der Waals surface area (Å²) in [6, 6.07) is 8.56. The lowest BCUT2D eigenvalue weighted by Crippen LogP contribution is -2.21. The van der Waals surface area contributed by atoms with E-state index in [0.717, 1.165) is 5.69 Å². The van der Waals surface area contributed by atoms with Crippen LogP contribution < -0.4 is 11.1 Å². The number of hydrogen-bond acceptors (Lipinski definition) is 9. The molecule has 3 heterocycles. The first kappa shape index (κ1) is 28.5. The number of nitrogens with one attached hydrogen (secondary N) is 2. The van der Waals surface area contributed by atoms with Gasteiger partial charge in [0.2, 0.25) is 9.84 Å². The Balaban J connectivity index is 0.000000540. The van der Waals surface area contributed by atoms with E-state index in [2.05, 4.69) is 31.2 Å². The second-order valence-electron chi connectivity index (χ2n) is 6.36. The van der Waals surface area contributed by atoms with E-state index in [-0.39, 0.29) is 15.6 Å². The molecule has 9 nitrogen and oxygen atoms in total. The van der Waals surface area contributed by atoms with E-state index < -0.39 is 22.0 Å². The van der Waals surface area contributed by atoms with E-state index in [1.807, 2.05) is 18.2 Å². The largest absolute Gasteiger partial charge is 0.490 e. The molecule has 35 heavy (non-hydrogen) atoms. The van der Waals surface area contributed by atoms with Crippen molar-refractivity contribution in [1.82, 2.24) is 9.97 Å². The van der Waals surface area contributed by atoms with Crippen LogP contribution in [0.3, 0.4) is 0 Å². The Labute approximate surface area is 214 Å². The fourth-order valence-corrected chi connectivity index (χ4v) is 6.79. The van der Waals surface area contributed by atoms with E-state index in [0.29, 0.717) is 25.9 Å². The van der Waals surface area contributed by atoms with Crippen LogP contribution in [0.4, 0.5) is 19.0 Å². The Hall–Kier alpha value is -2.69. The molecule has 3 aromatic rings. The van der Waals surface area contributed by atoms with Gasteiger partial charge >= 0.3 is 12.1 Å². The first-order valence-corrected chi connectivity index (χ1v) is 13.5. The highest BCUT2D eigenvalue weighted by Gasteiger charge is 2.38. The molecular formula is C19H17BrF3N5O4S3. The summed E-state index contributed by atoms with van der Waals surface area (Å²) in [7, 11) is -3.80. The quantitative estimate of drug-likeness (QED) is 0.173. The zero-order valence-corrected chi connectivity index (χ0v) is 21.7. The fraction of sp³-hybridized carbons (Fsp3) is 0.158. The summed E-state index contributed by atoms with van der Waals surface area (Å²) in [5.41, 5.74) is 6.35. The van der Waals surface area contributed by atoms with Gasteiger partial charge in [-0.25, -0.2) is 18.2 Å². The standard InChI is InChI=1S/C17H16BrN5O2S3.C2HF3O2/c1-26-17-14(7-13(27-17)15(19)20)28(24,25)11-6-12(18)16(23-9-11)22-8-10-4-2-3-5-21-10;3-2(4,5)1(6)7/h2-7,9H,8H2,1H3,(H3,19,20)(H,22,23);(H,6,7). The van der Waals surface area contributed by atoms with Crippen LogP contribution in [0.5, 0.6) is 0 Å². The average molecular weight is 612 g/mol. The number of anilines is 1. The number of carboxylic acids is 1. The molecule has 0 spiro atoms. The molecule has 0 unspecified atom stereocenters. The summed E-state index contributed by atoms with van der Waals surface area (Å²) in [4.78, 5) is 18.0. The maximum absolute atomic E-state index is 13.1. The van der Waals surface area contributed by atoms with Crippen LogP contribution >= 0.6 is 39.0 Å². The second kappa shape index (κ2) is 11.8. The number of sulfone groups is 1. The highest BCUT2D eigenvalue weighted by atomic mass is 79.9. The predicted octanol–water partition coefficient (Wildman–Crippen LogP) is 4.38. The molecule has 5 N–H and O–H groups in total. The molecule has 0 aliphatic carbocycles. The smallest absolute Gasteiger partial charge is 0.475 e. The number of hydrogen-bond donors (Lipinski definition) is 4. The van der Waals surface area contributed by atoms with Crippen LogP contribution in [0.25, 0.3) is 0 Å². The van der Waals surface area contributed by atoms with Crippen molar-refractivity contribution in [2.24, 2.45) is 5.73 Å². The van der Waals surface area contributed by atoms with Gasteiger partial charge in [-0.1, -0.05) is 6.07 Å². The summed E-state index contributed by atoms with van der Waals surface area (Å²) in [5, 5.41) is 17.8. The molecule has 0 amide bonds. The van der Waals surface area contributed by atoms with Crippen LogP contribution in [-0.4, -0.2) is 47.7 Å². The van der Waals surface area contributed by atoms with Gasteiger partial charge in [-0.2, -0.15) is 13.2 Å². The number of thioether (sulfide) groups is 1. The van der Waals surface area contributed by atoms with Gasteiger partial charge in [-0.15, -0.1) is 23.1 Å². The first-order valence-electron chi connectivity index (χ1n) is 9.14. The summed E-state index contributed by atoms with van der Waals surface area (Å²) >= 11 is 5.87. The van der Waals surface area contributed by atoms with E-state index in [1.165, 1.54) is 41.4 Å². The molecule has 16 heteroatoms. The summed E-state index contributed by atoms with van der Waals surface area (Å²) < 4.78 is 59.0. The van der Waals surface area contributed by atoms with Crippen LogP contribution in [0.15, 0.2) is 61.2 Å². The highest BCUT2D eigenvalue weighted by Crippen LogP contribution is 2.37. The SMILES string of the molecule is CSc1sc(C(=N)N)cc1S(=O)(=O)c1cnc(NCc2ccccn2)c(Br)c1.O=C(O)C(F)(F)F. The minimum Gasteiger partial charge on any atom is -0.475 e. The topological polar surface area (TPSA) is 159 Å². The number of nitrogens with two attached hydrogens (primary N) is 1. The number of carbonyl (C=O) groups is 1. The average Bonchev–Trinajstić information content (AvgIpc) is 3.24. The lowest BCUT2D eigenvalue weighted by Gasteiger charge is -2.10. The monoisotopic (exact) mass is 611 g/mol. The molecule has 0 radical (unpaired) electrons. The van der Waals surface area contributed by atoms with Gasteiger partial charge in [0.05, 0.1) is 35.6 Å². The molecule has 0 aliphatic heterocycles. The first-order chi connectivity index (χ1) is 16.3. The Morgan fingerprint density at radius 1 is 1.31 bits per heavy atom. The number of carboxylic acid groups (broad SMARTS) is 1. The predicted molar refractivity (Wildman–Crippen MR) is 130 cm³/mol. The second-order valence-corrected chi connectivity index (χ2v) is 11.3. The van der Waals surface area contributed by atoms with Gasteiger partial charge in [-0.05, 0) is 46.5 Å². The number of rotatable bonds is 7. The Morgan fingerprint density at radius 2 is 1.97 bits per heavy atom. The minimum absolute atomic E-state index is 0.0611. The fourth-order valence-electron chi connectivity index (χ4n) is 2.32. The Bertz CT molecular complexity index is 1320. The molecule has 0 atom stereocenters. The lowest BCUT2D eigenvalue weighted by atomic mass is 10.3. The van der Waals surface area contributed by atoms with Gasteiger partial charge < -0.3 is 16.2 Å². The van der Waals surface area contributed by atoms with E-state index >= 15 is 0 Å². The third kappa shape index (κ3) is 7.65. The van der Waals surface area contributed by atoms with Crippen molar-refractivity contribution in [3.05, 3.63) is 57.8 Å². The highest BCUT2D eigenvalue weighted by molar-refractivity contribution is 9.10. The van der Waals surface area contributed by atoms with Gasteiger partial charge in [0, 0.05) is 12.4 Å². The summed E-state index contributed by atoms with van der Waals surface area (Å²) in [6.07, 6.45) is -0.279. The molecule has 0 aromatic carbocycles. The van der Waals surface area contributed by atoms with E-state index in [4.69, 9.17) is 21.0 Å². The van der Waals surface area contributed by atoms with Crippen LogP contribution in [0, 0.1) is 5.41 Å². The number of pyridine rings is 2. The molecule has 3 aromatic heterocycles. The van der Waals surface area contributed by atoms with E-state index in [1.54, 1.807) is 12.5 Å². The molecule has 0 saturated heterocycles. The summed E-state index contributed by atoms with van der Waals surface area (Å²) in [6.45, 7) is 0.460. The lowest BCUT2D eigenvalue weighted by molar-refractivity contribution is -0.192. The Kier molecular flexibility index (Phi) is 9.65. The number of nitrogen functional groups attached to an aromatic ring is 1. The van der Waals surface area contributed by atoms with E-state index in [9.17, 15) is 21.6 Å². The third-order valence-corrected chi connectivity index (χ3v) is 8.85. The van der Waals surface area contributed by atoms with Gasteiger partial charge in [-0.3, -0.25) is 10.4 Å². The normalized spacial score (nSPS) is 11.3. The third-order valence-electron chi connectivity index (χ3n) is 3.94. The maximum atomic E-state index is 13.1. The van der Waals surface area contributed by atoms with Gasteiger partial charge in [0.1, 0.15) is 11.7 Å². The molecule has 0 bridgehead atoms. The number of alkyl halides is 3. The maximum Gasteiger partial charge on any atom is 0.490 e. The summed E-state index contributed by atoms with van der Waals surface area (Å²) in [5.74, 6) is -2.40.